The molecule has 0 fully saturated rings. The summed E-state index contributed by atoms with van der Waals surface area (Å²) < 4.78 is 11.0. The van der Waals surface area contributed by atoms with Crippen LogP contribution >= 0.6 is 23.2 Å². The largest absolute Gasteiger partial charge is 0.392 e. The standard InChI is InChI=1S/C14H23ClO2Si.C8H9ClO/c1-18(2,3)8-7-16-12-17-11-14-6-4-5-13(9-14)10-15;9-5-7-2-1-3-8(4-7)6-10/h4-6,9H,7-8,10-12H2,1-3H3;1-4,10H,5-6H2. The van der Waals surface area contributed by atoms with E-state index in [0.29, 0.717) is 25.2 Å². The predicted octanol–water partition coefficient (Wildman–Crippen LogP) is 6.17. The van der Waals surface area contributed by atoms with Crippen molar-refractivity contribution in [2.45, 2.75) is 50.7 Å². The lowest BCUT2D eigenvalue weighted by Gasteiger charge is -2.15. The number of aliphatic hydroxyl groups is 1. The molecule has 0 aromatic heterocycles. The zero-order valence-corrected chi connectivity index (χ0v) is 19.6. The van der Waals surface area contributed by atoms with Crippen LogP contribution < -0.4 is 0 Å². The summed E-state index contributed by atoms with van der Waals surface area (Å²) in [7, 11) is -0.989. The Balaban J connectivity index is 0.000000330. The Bertz CT molecular complexity index is 656. The second-order valence-electron chi connectivity index (χ2n) is 7.75. The Morgan fingerprint density at radius 2 is 1.36 bits per heavy atom. The van der Waals surface area contributed by atoms with Crippen molar-refractivity contribution in [3.63, 3.8) is 0 Å². The summed E-state index contributed by atoms with van der Waals surface area (Å²) in [5.74, 6) is 1.05. The third-order valence-electron chi connectivity index (χ3n) is 3.91. The van der Waals surface area contributed by atoms with Crippen molar-refractivity contribution in [2.24, 2.45) is 0 Å². The number of halogens is 2. The van der Waals surface area contributed by atoms with Crippen molar-refractivity contribution in [3.05, 3.63) is 70.8 Å². The normalized spacial score (nSPS) is 11.1. The van der Waals surface area contributed by atoms with Crippen LogP contribution in [0.5, 0.6) is 0 Å². The van der Waals surface area contributed by atoms with Crippen LogP contribution in [-0.4, -0.2) is 26.6 Å². The molecule has 2 rings (SSSR count). The molecule has 0 unspecified atom stereocenters. The van der Waals surface area contributed by atoms with E-state index in [9.17, 15) is 0 Å². The molecule has 28 heavy (non-hydrogen) atoms. The molecule has 0 atom stereocenters. The number of rotatable bonds is 10. The first-order chi connectivity index (χ1) is 13.4. The first kappa shape index (κ1) is 25.2. The van der Waals surface area contributed by atoms with Crippen LogP contribution in [0.25, 0.3) is 0 Å². The fourth-order valence-corrected chi connectivity index (χ4v) is 3.36. The van der Waals surface area contributed by atoms with Gasteiger partial charge in [-0.2, -0.15) is 0 Å². The molecule has 6 heteroatoms. The maximum atomic E-state index is 8.71. The summed E-state index contributed by atoms with van der Waals surface area (Å²) in [6.45, 7) is 8.87. The van der Waals surface area contributed by atoms with Crippen molar-refractivity contribution in [2.75, 3.05) is 13.4 Å². The molecule has 0 bridgehead atoms. The predicted molar refractivity (Wildman–Crippen MR) is 122 cm³/mol. The Morgan fingerprint density at radius 1 is 0.821 bits per heavy atom. The monoisotopic (exact) mass is 442 g/mol. The van der Waals surface area contributed by atoms with Crippen LogP contribution in [0.3, 0.4) is 0 Å². The summed E-state index contributed by atoms with van der Waals surface area (Å²) in [6.07, 6.45) is 0. The van der Waals surface area contributed by atoms with Crippen LogP contribution in [-0.2, 0) is 34.4 Å². The average molecular weight is 443 g/mol. The first-order valence-electron chi connectivity index (χ1n) is 9.42. The summed E-state index contributed by atoms with van der Waals surface area (Å²) in [5, 5.41) is 8.71. The lowest BCUT2D eigenvalue weighted by molar-refractivity contribution is -0.0573. The van der Waals surface area contributed by atoms with Crippen LogP contribution in [0.4, 0.5) is 0 Å². The Morgan fingerprint density at radius 3 is 1.89 bits per heavy atom. The molecular weight excluding hydrogens is 411 g/mol. The molecule has 0 radical (unpaired) electrons. The van der Waals surface area contributed by atoms with E-state index in [4.69, 9.17) is 37.8 Å². The molecule has 0 amide bonds. The van der Waals surface area contributed by atoms with E-state index < -0.39 is 8.07 Å². The molecule has 3 nitrogen and oxygen atoms in total. The highest BCUT2D eigenvalue weighted by molar-refractivity contribution is 6.76. The van der Waals surface area contributed by atoms with Crippen molar-refractivity contribution >= 4 is 31.3 Å². The Hall–Kier alpha value is -0.883. The van der Waals surface area contributed by atoms with Crippen molar-refractivity contribution < 1.29 is 14.6 Å². The van der Waals surface area contributed by atoms with Gasteiger partial charge >= 0.3 is 0 Å². The molecule has 0 heterocycles. The second-order valence-corrected chi connectivity index (χ2v) is 13.9. The number of hydrogen-bond donors (Lipinski definition) is 1. The van der Waals surface area contributed by atoms with E-state index >= 15 is 0 Å². The number of ether oxygens (including phenoxy) is 2. The van der Waals surface area contributed by atoms with Gasteiger partial charge in [0.1, 0.15) is 6.79 Å². The lowest BCUT2D eigenvalue weighted by Crippen LogP contribution is -2.21. The van der Waals surface area contributed by atoms with Gasteiger partial charge in [-0.1, -0.05) is 68.2 Å². The molecule has 0 aliphatic rings. The molecule has 2 aromatic carbocycles. The van der Waals surface area contributed by atoms with E-state index in [0.717, 1.165) is 28.9 Å². The fourth-order valence-electron chi connectivity index (χ4n) is 2.27. The SMILES string of the molecule is C[Si](C)(C)CCOCOCc1cccc(CCl)c1.OCc1cccc(CCl)c1. The van der Waals surface area contributed by atoms with Crippen molar-refractivity contribution in [1.82, 2.24) is 0 Å². The van der Waals surface area contributed by atoms with Gasteiger partial charge in [-0.15, -0.1) is 23.2 Å². The molecule has 2 aromatic rings. The lowest BCUT2D eigenvalue weighted by atomic mass is 10.1. The van der Waals surface area contributed by atoms with E-state index in [1.165, 1.54) is 6.04 Å². The molecule has 156 valence electrons. The zero-order chi connectivity index (χ0) is 20.8. The third-order valence-corrected chi connectivity index (χ3v) is 6.23. The van der Waals surface area contributed by atoms with Gasteiger partial charge in [0.25, 0.3) is 0 Å². The summed E-state index contributed by atoms with van der Waals surface area (Å²) in [4.78, 5) is 0. The minimum absolute atomic E-state index is 0.0880. The Kier molecular flexibility index (Phi) is 12.7. The first-order valence-corrected chi connectivity index (χ1v) is 14.2. The van der Waals surface area contributed by atoms with Crippen LogP contribution in [0, 0.1) is 0 Å². The van der Waals surface area contributed by atoms with E-state index in [2.05, 4.69) is 25.7 Å². The maximum absolute atomic E-state index is 8.71. The van der Waals surface area contributed by atoms with Gasteiger partial charge in [0, 0.05) is 26.4 Å². The number of hydrogen-bond acceptors (Lipinski definition) is 3. The summed E-state index contributed by atoms with van der Waals surface area (Å²) in [5.41, 5.74) is 4.23. The topological polar surface area (TPSA) is 38.7 Å². The summed E-state index contributed by atoms with van der Waals surface area (Å²) >= 11 is 11.4. The van der Waals surface area contributed by atoms with Gasteiger partial charge in [-0.3, -0.25) is 0 Å². The molecule has 0 aliphatic heterocycles. The second kappa shape index (κ2) is 14.2. The minimum Gasteiger partial charge on any atom is -0.392 e. The van der Waals surface area contributed by atoms with Crippen molar-refractivity contribution in [1.29, 1.82) is 0 Å². The van der Waals surface area contributed by atoms with Crippen LogP contribution in [0.1, 0.15) is 22.3 Å². The van der Waals surface area contributed by atoms with E-state index in [-0.39, 0.29) is 6.61 Å². The van der Waals surface area contributed by atoms with E-state index in [1.807, 2.05) is 42.5 Å². The molecule has 1 N–H and O–H groups in total. The van der Waals surface area contributed by atoms with E-state index in [1.54, 1.807) is 0 Å². The highest BCUT2D eigenvalue weighted by Gasteiger charge is 2.11. The molecule has 0 saturated carbocycles. The van der Waals surface area contributed by atoms with Gasteiger partial charge in [0.05, 0.1) is 13.2 Å². The minimum atomic E-state index is -0.989. The number of aliphatic hydroxyl groups excluding tert-OH is 1. The van der Waals surface area contributed by atoms with Crippen molar-refractivity contribution in [3.8, 4) is 0 Å². The van der Waals surface area contributed by atoms with Gasteiger partial charge in [-0.05, 0) is 28.3 Å². The number of alkyl halides is 2. The van der Waals surface area contributed by atoms with Gasteiger partial charge in [0.15, 0.2) is 0 Å². The van der Waals surface area contributed by atoms with Crippen LogP contribution in [0.15, 0.2) is 48.5 Å². The highest BCUT2D eigenvalue weighted by Crippen LogP contribution is 2.10. The molecular formula is C22H32Cl2O3Si. The van der Waals surface area contributed by atoms with Crippen LogP contribution in [0.2, 0.25) is 25.7 Å². The maximum Gasteiger partial charge on any atom is 0.147 e. The number of benzene rings is 2. The zero-order valence-electron chi connectivity index (χ0n) is 17.1. The fraction of sp³-hybridized carbons (Fsp3) is 0.455. The molecule has 0 saturated heterocycles. The van der Waals surface area contributed by atoms with Gasteiger partial charge in [-0.25, -0.2) is 0 Å². The Labute approximate surface area is 180 Å². The quantitative estimate of drug-likeness (QED) is 0.207. The average Bonchev–Trinajstić information content (AvgIpc) is 2.70. The molecule has 0 spiro atoms. The van der Waals surface area contributed by atoms with Gasteiger partial charge < -0.3 is 14.6 Å². The third kappa shape index (κ3) is 11.8. The summed E-state index contributed by atoms with van der Waals surface area (Å²) in [6, 6.07) is 16.9. The van der Waals surface area contributed by atoms with Gasteiger partial charge in [0.2, 0.25) is 0 Å². The molecule has 0 aliphatic carbocycles. The smallest absolute Gasteiger partial charge is 0.147 e. The highest BCUT2D eigenvalue weighted by atomic mass is 35.5.